The van der Waals surface area contributed by atoms with Crippen LogP contribution in [-0.4, -0.2) is 11.1 Å². The molecule has 0 fully saturated rings. The second-order valence-corrected chi connectivity index (χ2v) is 3.38. The lowest BCUT2D eigenvalue weighted by Gasteiger charge is -1.98. The smallest absolute Gasteiger partial charge is 0.328 e. The van der Waals surface area contributed by atoms with Crippen LogP contribution in [-0.2, 0) is 4.79 Å². The van der Waals surface area contributed by atoms with Gasteiger partial charge >= 0.3 is 5.97 Å². The standard InChI is InChI=1S/C9H8O2S2/c10-9(11)4-2-6-1-3-7(12)8(13)5-6/h1-5,12-13H,(H,10,11). The fraction of sp³-hybridized carbons (Fsp3) is 0. The van der Waals surface area contributed by atoms with Gasteiger partial charge in [0.1, 0.15) is 0 Å². The zero-order chi connectivity index (χ0) is 9.84. The Balaban J connectivity index is 2.92. The Morgan fingerprint density at radius 1 is 1.31 bits per heavy atom. The summed E-state index contributed by atoms with van der Waals surface area (Å²) in [5.41, 5.74) is 0.796. The predicted molar refractivity (Wildman–Crippen MR) is 57.6 cm³/mol. The number of hydrogen-bond acceptors (Lipinski definition) is 3. The van der Waals surface area contributed by atoms with Crippen molar-refractivity contribution in [1.82, 2.24) is 0 Å². The molecule has 0 aliphatic carbocycles. The van der Waals surface area contributed by atoms with E-state index in [-0.39, 0.29) is 0 Å². The minimum Gasteiger partial charge on any atom is -0.478 e. The minimum atomic E-state index is -0.962. The molecule has 4 heteroatoms. The van der Waals surface area contributed by atoms with Gasteiger partial charge < -0.3 is 5.11 Å². The summed E-state index contributed by atoms with van der Waals surface area (Å²) in [5.74, 6) is -0.962. The zero-order valence-corrected chi connectivity index (χ0v) is 8.43. The Kier molecular flexibility index (Phi) is 3.45. The molecule has 2 nitrogen and oxygen atoms in total. The van der Waals surface area contributed by atoms with E-state index >= 15 is 0 Å². The molecule has 0 radical (unpaired) electrons. The molecule has 1 aromatic rings. The third-order valence-corrected chi connectivity index (χ3v) is 2.35. The number of thiol groups is 2. The van der Waals surface area contributed by atoms with Crippen molar-refractivity contribution in [3.8, 4) is 0 Å². The van der Waals surface area contributed by atoms with Crippen LogP contribution in [0.15, 0.2) is 34.1 Å². The first kappa shape index (κ1) is 10.2. The van der Waals surface area contributed by atoms with E-state index in [0.29, 0.717) is 0 Å². The first-order chi connectivity index (χ1) is 6.09. The first-order valence-corrected chi connectivity index (χ1v) is 4.42. The van der Waals surface area contributed by atoms with E-state index in [0.717, 1.165) is 21.4 Å². The molecule has 13 heavy (non-hydrogen) atoms. The molecular weight excluding hydrogens is 204 g/mol. The number of carboxylic acids is 1. The van der Waals surface area contributed by atoms with Crippen LogP contribution < -0.4 is 0 Å². The molecule has 1 rings (SSSR count). The van der Waals surface area contributed by atoms with Gasteiger partial charge in [-0.25, -0.2) is 4.79 Å². The minimum absolute atomic E-state index is 0.732. The molecule has 0 saturated carbocycles. The van der Waals surface area contributed by atoms with Crippen molar-refractivity contribution in [2.75, 3.05) is 0 Å². The van der Waals surface area contributed by atoms with Crippen LogP contribution in [0.3, 0.4) is 0 Å². The van der Waals surface area contributed by atoms with E-state index in [9.17, 15) is 4.79 Å². The normalized spacial score (nSPS) is 10.6. The van der Waals surface area contributed by atoms with Gasteiger partial charge in [-0.3, -0.25) is 0 Å². The van der Waals surface area contributed by atoms with Gasteiger partial charge in [-0.1, -0.05) is 6.07 Å². The van der Waals surface area contributed by atoms with Crippen molar-refractivity contribution >= 4 is 37.3 Å². The van der Waals surface area contributed by atoms with E-state index in [1.165, 1.54) is 6.08 Å². The molecule has 0 heterocycles. The van der Waals surface area contributed by atoms with E-state index in [1.54, 1.807) is 18.2 Å². The molecule has 1 N–H and O–H groups in total. The fourth-order valence-electron chi connectivity index (χ4n) is 0.812. The fourth-order valence-corrected chi connectivity index (χ4v) is 1.17. The Hall–Kier alpha value is -0.870. The van der Waals surface area contributed by atoms with E-state index in [2.05, 4.69) is 25.3 Å². The molecule has 0 spiro atoms. The number of benzene rings is 1. The number of rotatable bonds is 2. The molecule has 0 aliphatic rings. The van der Waals surface area contributed by atoms with Gasteiger partial charge in [-0.05, 0) is 23.8 Å². The Labute approximate surface area is 87.1 Å². The van der Waals surface area contributed by atoms with Crippen LogP contribution in [0.25, 0.3) is 6.08 Å². The molecule has 0 aliphatic heterocycles. The van der Waals surface area contributed by atoms with E-state index < -0.39 is 5.97 Å². The van der Waals surface area contributed by atoms with Crippen molar-refractivity contribution in [2.24, 2.45) is 0 Å². The lowest BCUT2D eigenvalue weighted by atomic mass is 10.2. The number of hydrogen-bond donors (Lipinski definition) is 3. The third-order valence-electron chi connectivity index (χ3n) is 1.42. The summed E-state index contributed by atoms with van der Waals surface area (Å²) < 4.78 is 0. The van der Waals surface area contributed by atoms with Gasteiger partial charge in [0.25, 0.3) is 0 Å². The highest BCUT2D eigenvalue weighted by atomic mass is 32.1. The predicted octanol–water partition coefficient (Wildman–Crippen LogP) is 2.36. The van der Waals surface area contributed by atoms with Gasteiger partial charge in [0.05, 0.1) is 0 Å². The van der Waals surface area contributed by atoms with Crippen LogP contribution in [0, 0.1) is 0 Å². The molecule has 0 aromatic heterocycles. The summed E-state index contributed by atoms with van der Waals surface area (Å²) in [6.45, 7) is 0. The molecule has 1 aromatic carbocycles. The monoisotopic (exact) mass is 212 g/mol. The van der Waals surface area contributed by atoms with Crippen LogP contribution in [0.4, 0.5) is 0 Å². The van der Waals surface area contributed by atoms with Crippen molar-refractivity contribution in [1.29, 1.82) is 0 Å². The second kappa shape index (κ2) is 4.39. The lowest BCUT2D eigenvalue weighted by molar-refractivity contribution is -0.131. The largest absolute Gasteiger partial charge is 0.478 e. The van der Waals surface area contributed by atoms with Crippen LogP contribution >= 0.6 is 25.3 Å². The SMILES string of the molecule is O=C(O)C=Cc1ccc(S)c(S)c1. The third kappa shape index (κ3) is 3.16. The number of aliphatic carboxylic acids is 1. The quantitative estimate of drug-likeness (QED) is 0.520. The maximum atomic E-state index is 10.2. The highest BCUT2D eigenvalue weighted by Gasteiger charge is 1.94. The molecule has 0 unspecified atom stereocenters. The lowest BCUT2D eigenvalue weighted by Crippen LogP contribution is -1.85. The van der Waals surface area contributed by atoms with Crippen molar-refractivity contribution in [3.05, 3.63) is 29.8 Å². The van der Waals surface area contributed by atoms with Crippen LogP contribution in [0.5, 0.6) is 0 Å². The molecule has 0 saturated heterocycles. The van der Waals surface area contributed by atoms with Gasteiger partial charge in [-0.15, -0.1) is 25.3 Å². The summed E-state index contributed by atoms with van der Waals surface area (Å²) in [6.07, 6.45) is 2.59. The van der Waals surface area contributed by atoms with Gasteiger partial charge in [0, 0.05) is 15.9 Å². The summed E-state index contributed by atoms with van der Waals surface area (Å²) in [6, 6.07) is 5.30. The maximum absolute atomic E-state index is 10.2. The first-order valence-electron chi connectivity index (χ1n) is 3.52. The number of carboxylic acid groups (broad SMARTS) is 1. The van der Waals surface area contributed by atoms with E-state index in [4.69, 9.17) is 5.11 Å². The highest BCUT2D eigenvalue weighted by molar-refractivity contribution is 7.83. The average Bonchev–Trinajstić information content (AvgIpc) is 2.07. The van der Waals surface area contributed by atoms with Crippen molar-refractivity contribution in [2.45, 2.75) is 9.79 Å². The van der Waals surface area contributed by atoms with Gasteiger partial charge in [0.15, 0.2) is 0 Å². The molecule has 68 valence electrons. The Morgan fingerprint density at radius 3 is 2.54 bits per heavy atom. The molecule has 0 bridgehead atoms. The van der Waals surface area contributed by atoms with Crippen LogP contribution in [0.2, 0.25) is 0 Å². The summed E-state index contributed by atoms with van der Waals surface area (Å²) >= 11 is 8.29. The van der Waals surface area contributed by atoms with Gasteiger partial charge in [0.2, 0.25) is 0 Å². The highest BCUT2D eigenvalue weighted by Crippen LogP contribution is 2.19. The van der Waals surface area contributed by atoms with E-state index in [1.807, 2.05) is 0 Å². The van der Waals surface area contributed by atoms with Gasteiger partial charge in [-0.2, -0.15) is 0 Å². The number of carbonyl (C=O) groups is 1. The van der Waals surface area contributed by atoms with Crippen molar-refractivity contribution < 1.29 is 9.90 Å². The summed E-state index contributed by atoms with van der Waals surface area (Å²) in [7, 11) is 0. The average molecular weight is 212 g/mol. The topological polar surface area (TPSA) is 37.3 Å². The molecule has 0 atom stereocenters. The molecule has 0 amide bonds. The summed E-state index contributed by atoms with van der Waals surface area (Å²) in [4.78, 5) is 11.7. The van der Waals surface area contributed by atoms with Crippen molar-refractivity contribution in [3.63, 3.8) is 0 Å². The Bertz CT molecular complexity index is 359. The maximum Gasteiger partial charge on any atom is 0.328 e. The summed E-state index contributed by atoms with van der Waals surface area (Å²) in [5, 5.41) is 8.38. The molecular formula is C9H8O2S2. The zero-order valence-electron chi connectivity index (χ0n) is 6.64. The Morgan fingerprint density at radius 2 is 2.00 bits per heavy atom. The van der Waals surface area contributed by atoms with Crippen LogP contribution in [0.1, 0.15) is 5.56 Å². The second-order valence-electron chi connectivity index (χ2n) is 2.42.